The van der Waals surface area contributed by atoms with Crippen molar-refractivity contribution >= 4 is 5.91 Å². The van der Waals surface area contributed by atoms with Gasteiger partial charge in [-0.25, -0.2) is 0 Å². The highest BCUT2D eigenvalue weighted by Gasteiger charge is 2.23. The van der Waals surface area contributed by atoms with Gasteiger partial charge in [-0.15, -0.1) is 0 Å². The van der Waals surface area contributed by atoms with Gasteiger partial charge in [-0.3, -0.25) is 4.79 Å². The van der Waals surface area contributed by atoms with Crippen LogP contribution in [-0.2, 0) is 4.79 Å². The maximum atomic E-state index is 12.2. The van der Waals surface area contributed by atoms with E-state index in [0.29, 0.717) is 11.8 Å². The number of carbonyl (C=O) groups is 1. The molecule has 1 saturated heterocycles. The number of unbranched alkanes of at least 4 members (excludes halogenated alkanes) is 1. The van der Waals surface area contributed by atoms with Crippen LogP contribution in [0.15, 0.2) is 0 Å². The number of nitrogens with zero attached hydrogens (tertiary/aromatic N) is 1. The van der Waals surface area contributed by atoms with Gasteiger partial charge in [-0.05, 0) is 32.1 Å². The topological polar surface area (TPSA) is 20.3 Å². The van der Waals surface area contributed by atoms with E-state index in [-0.39, 0.29) is 0 Å². The second kappa shape index (κ2) is 6.86. The van der Waals surface area contributed by atoms with Crippen LogP contribution in [-0.4, -0.2) is 23.9 Å². The van der Waals surface area contributed by atoms with Crippen LogP contribution in [0.25, 0.3) is 0 Å². The van der Waals surface area contributed by atoms with Gasteiger partial charge in [-0.2, -0.15) is 0 Å². The van der Waals surface area contributed by atoms with Crippen LogP contribution in [0.2, 0.25) is 0 Å². The Labute approximate surface area is 94.0 Å². The molecule has 1 atom stereocenters. The second-order valence-electron chi connectivity index (χ2n) is 4.63. The van der Waals surface area contributed by atoms with Crippen LogP contribution in [0.3, 0.4) is 0 Å². The molecule has 0 bridgehead atoms. The lowest BCUT2D eigenvalue weighted by molar-refractivity contribution is -0.136. The van der Waals surface area contributed by atoms with Crippen LogP contribution in [0.4, 0.5) is 0 Å². The zero-order valence-electron chi connectivity index (χ0n) is 10.3. The fourth-order valence-electron chi connectivity index (χ4n) is 2.33. The quantitative estimate of drug-likeness (QED) is 0.683. The van der Waals surface area contributed by atoms with Crippen molar-refractivity contribution in [1.29, 1.82) is 0 Å². The van der Waals surface area contributed by atoms with E-state index in [1.54, 1.807) is 0 Å². The molecular formula is C13H25NO. The van der Waals surface area contributed by atoms with E-state index in [2.05, 4.69) is 18.7 Å². The minimum Gasteiger partial charge on any atom is -0.342 e. The van der Waals surface area contributed by atoms with Crippen LogP contribution in [0, 0.1) is 5.92 Å². The number of amides is 1. The summed E-state index contributed by atoms with van der Waals surface area (Å²) in [5.74, 6) is 0.716. The third-order valence-corrected chi connectivity index (χ3v) is 3.42. The molecule has 1 rings (SSSR count). The Morgan fingerprint density at radius 3 is 2.40 bits per heavy atom. The largest absolute Gasteiger partial charge is 0.342 e. The summed E-state index contributed by atoms with van der Waals surface area (Å²) in [6.45, 7) is 6.34. The molecule has 1 heterocycles. The molecule has 1 fully saturated rings. The van der Waals surface area contributed by atoms with Gasteiger partial charge >= 0.3 is 0 Å². The fraction of sp³-hybridized carbons (Fsp3) is 0.923. The average Bonchev–Trinajstić information content (AvgIpc) is 2.31. The molecule has 0 aromatic carbocycles. The Morgan fingerprint density at radius 1 is 1.20 bits per heavy atom. The summed E-state index contributed by atoms with van der Waals surface area (Å²) in [5, 5.41) is 0. The molecule has 88 valence electrons. The molecule has 0 saturated carbocycles. The number of likely N-dealkylation sites (tertiary alicyclic amines) is 1. The summed E-state index contributed by atoms with van der Waals surface area (Å²) in [5.41, 5.74) is 0. The minimum atomic E-state index is 0.294. The molecule has 0 aromatic rings. The van der Waals surface area contributed by atoms with Gasteiger partial charge in [0.15, 0.2) is 0 Å². The normalized spacial score (nSPS) is 18.9. The Hall–Kier alpha value is -0.530. The standard InChI is InChI=1S/C13H25NO/c1-3-5-9-12(4-2)13(15)14-10-7-6-8-11-14/h12H,3-11H2,1-2H3/t12-/m1/s1. The lowest BCUT2D eigenvalue weighted by Crippen LogP contribution is -2.39. The van der Waals surface area contributed by atoms with Gasteiger partial charge < -0.3 is 4.90 Å². The zero-order valence-corrected chi connectivity index (χ0v) is 10.3. The number of hydrogen-bond acceptors (Lipinski definition) is 1. The summed E-state index contributed by atoms with van der Waals surface area (Å²) >= 11 is 0. The third kappa shape index (κ3) is 3.84. The second-order valence-corrected chi connectivity index (χ2v) is 4.63. The monoisotopic (exact) mass is 211 g/mol. The Morgan fingerprint density at radius 2 is 1.87 bits per heavy atom. The average molecular weight is 211 g/mol. The van der Waals surface area contributed by atoms with Crippen molar-refractivity contribution in [1.82, 2.24) is 4.90 Å². The van der Waals surface area contributed by atoms with Crippen molar-refractivity contribution in [3.63, 3.8) is 0 Å². The first-order chi connectivity index (χ1) is 7.29. The molecule has 1 aliphatic rings. The molecule has 15 heavy (non-hydrogen) atoms. The summed E-state index contributed by atoms with van der Waals surface area (Å²) in [6.07, 6.45) is 8.20. The van der Waals surface area contributed by atoms with Crippen molar-refractivity contribution in [3.05, 3.63) is 0 Å². The maximum Gasteiger partial charge on any atom is 0.225 e. The fourth-order valence-corrected chi connectivity index (χ4v) is 2.33. The minimum absolute atomic E-state index is 0.294. The molecule has 1 amide bonds. The van der Waals surface area contributed by atoms with Crippen molar-refractivity contribution in [3.8, 4) is 0 Å². The van der Waals surface area contributed by atoms with E-state index in [0.717, 1.165) is 25.9 Å². The summed E-state index contributed by atoms with van der Waals surface area (Å²) in [6, 6.07) is 0. The Bertz CT molecular complexity index is 185. The molecule has 2 heteroatoms. The number of carbonyl (C=O) groups excluding carboxylic acids is 1. The van der Waals surface area contributed by atoms with E-state index >= 15 is 0 Å². The van der Waals surface area contributed by atoms with Crippen molar-refractivity contribution in [2.45, 2.75) is 58.8 Å². The molecule has 0 N–H and O–H groups in total. The van der Waals surface area contributed by atoms with Crippen molar-refractivity contribution in [2.75, 3.05) is 13.1 Å². The number of rotatable bonds is 5. The van der Waals surface area contributed by atoms with Crippen LogP contribution < -0.4 is 0 Å². The predicted octanol–water partition coefficient (Wildman–Crippen LogP) is 3.22. The first-order valence-electron chi connectivity index (χ1n) is 6.58. The molecule has 0 aromatic heterocycles. The van der Waals surface area contributed by atoms with E-state index in [1.165, 1.54) is 32.1 Å². The van der Waals surface area contributed by atoms with Crippen molar-refractivity contribution in [2.24, 2.45) is 5.92 Å². The van der Waals surface area contributed by atoms with Crippen LogP contribution in [0.1, 0.15) is 58.8 Å². The smallest absolute Gasteiger partial charge is 0.225 e. The van der Waals surface area contributed by atoms with E-state index in [4.69, 9.17) is 0 Å². The molecule has 0 spiro atoms. The lowest BCUT2D eigenvalue weighted by atomic mass is 9.96. The molecule has 0 radical (unpaired) electrons. The molecule has 0 aliphatic carbocycles. The number of hydrogen-bond donors (Lipinski definition) is 0. The van der Waals surface area contributed by atoms with Gasteiger partial charge in [0.1, 0.15) is 0 Å². The van der Waals surface area contributed by atoms with Gasteiger partial charge in [0, 0.05) is 19.0 Å². The van der Waals surface area contributed by atoms with Crippen LogP contribution in [0.5, 0.6) is 0 Å². The molecule has 0 unspecified atom stereocenters. The first-order valence-corrected chi connectivity index (χ1v) is 6.58. The molecular weight excluding hydrogens is 186 g/mol. The Balaban J connectivity index is 2.40. The third-order valence-electron chi connectivity index (χ3n) is 3.42. The van der Waals surface area contributed by atoms with Gasteiger partial charge in [0.25, 0.3) is 0 Å². The van der Waals surface area contributed by atoms with Gasteiger partial charge in [0.2, 0.25) is 5.91 Å². The highest BCUT2D eigenvalue weighted by Crippen LogP contribution is 2.18. The van der Waals surface area contributed by atoms with Crippen molar-refractivity contribution < 1.29 is 4.79 Å². The van der Waals surface area contributed by atoms with E-state index < -0.39 is 0 Å². The molecule has 1 aliphatic heterocycles. The summed E-state index contributed by atoms with van der Waals surface area (Å²) in [7, 11) is 0. The summed E-state index contributed by atoms with van der Waals surface area (Å²) < 4.78 is 0. The number of piperidine rings is 1. The van der Waals surface area contributed by atoms with E-state index in [9.17, 15) is 4.79 Å². The predicted molar refractivity (Wildman–Crippen MR) is 63.7 cm³/mol. The SMILES string of the molecule is CCCC[C@@H](CC)C(=O)N1CCCCC1. The zero-order chi connectivity index (χ0) is 11.1. The lowest BCUT2D eigenvalue weighted by Gasteiger charge is -2.30. The molecule has 2 nitrogen and oxygen atoms in total. The van der Waals surface area contributed by atoms with Gasteiger partial charge in [-0.1, -0.05) is 26.7 Å². The Kier molecular flexibility index (Phi) is 5.74. The highest BCUT2D eigenvalue weighted by atomic mass is 16.2. The summed E-state index contributed by atoms with van der Waals surface area (Å²) in [4.78, 5) is 14.3. The van der Waals surface area contributed by atoms with Gasteiger partial charge in [0.05, 0.1) is 0 Å². The first kappa shape index (κ1) is 12.5. The van der Waals surface area contributed by atoms with Crippen LogP contribution >= 0.6 is 0 Å². The highest BCUT2D eigenvalue weighted by molar-refractivity contribution is 5.78. The van der Waals surface area contributed by atoms with E-state index in [1.807, 2.05) is 0 Å². The maximum absolute atomic E-state index is 12.2.